The summed E-state index contributed by atoms with van der Waals surface area (Å²) in [6.07, 6.45) is 6.73. The van der Waals surface area contributed by atoms with Gasteiger partial charge >= 0.3 is 0 Å². The summed E-state index contributed by atoms with van der Waals surface area (Å²) in [5.41, 5.74) is 6.56. The third kappa shape index (κ3) is 4.65. The highest BCUT2D eigenvalue weighted by molar-refractivity contribution is 4.95. The number of piperazine rings is 1. The molecule has 0 radical (unpaired) electrons. The Morgan fingerprint density at radius 1 is 1.10 bits per heavy atom. The van der Waals surface area contributed by atoms with Crippen LogP contribution in [0.3, 0.4) is 0 Å². The fraction of sp³-hybridized carbons (Fsp3) is 1.00. The topological polar surface area (TPSA) is 35.7 Å². The monoisotopic (exact) mass is 296 g/mol. The Kier molecular flexibility index (Phi) is 6.48. The van der Waals surface area contributed by atoms with Gasteiger partial charge in [-0.15, -0.1) is 0 Å². The molecule has 2 N–H and O–H groups in total. The van der Waals surface area contributed by atoms with Crippen molar-refractivity contribution in [1.82, 2.24) is 14.7 Å². The molecule has 1 aliphatic heterocycles. The number of rotatable bonds is 5. The molecule has 2 rings (SSSR count). The van der Waals surface area contributed by atoms with Gasteiger partial charge in [0.1, 0.15) is 0 Å². The third-order valence-electron chi connectivity index (χ3n) is 5.73. The van der Waals surface area contributed by atoms with Crippen LogP contribution in [0.2, 0.25) is 0 Å². The van der Waals surface area contributed by atoms with Crippen LogP contribution in [0, 0.1) is 5.92 Å². The molecule has 0 bridgehead atoms. The molecule has 0 aromatic carbocycles. The van der Waals surface area contributed by atoms with Crippen molar-refractivity contribution in [3.8, 4) is 0 Å². The van der Waals surface area contributed by atoms with Crippen molar-refractivity contribution in [2.75, 3.05) is 59.9 Å². The minimum absolute atomic E-state index is 0.304. The van der Waals surface area contributed by atoms with E-state index >= 15 is 0 Å². The van der Waals surface area contributed by atoms with E-state index in [1.807, 2.05) is 0 Å². The molecule has 0 amide bonds. The Labute approximate surface area is 131 Å². The maximum absolute atomic E-state index is 6.26. The molecule has 0 aromatic heterocycles. The van der Waals surface area contributed by atoms with Crippen molar-refractivity contribution in [2.24, 2.45) is 11.7 Å². The molecule has 2 fully saturated rings. The van der Waals surface area contributed by atoms with Gasteiger partial charge in [-0.05, 0) is 39.3 Å². The van der Waals surface area contributed by atoms with Gasteiger partial charge in [0.25, 0.3) is 0 Å². The average Bonchev–Trinajstić information content (AvgIpc) is 2.68. The van der Waals surface area contributed by atoms with E-state index < -0.39 is 0 Å². The Balaban J connectivity index is 1.86. The lowest BCUT2D eigenvalue weighted by Crippen LogP contribution is -2.60. The van der Waals surface area contributed by atoms with Gasteiger partial charge in [-0.2, -0.15) is 0 Å². The van der Waals surface area contributed by atoms with Crippen LogP contribution in [0.5, 0.6) is 0 Å². The standard InChI is InChI=1S/C17H36N4/c1-16-5-4-7-17(15-18,8-6-16)21-13-11-20(12-14-21)10-9-19(2)3/h16H,4-15,18H2,1-3H3. The number of likely N-dealkylation sites (N-methyl/N-ethyl adjacent to an activating group) is 1. The smallest absolute Gasteiger partial charge is 0.0332 e. The third-order valence-corrected chi connectivity index (χ3v) is 5.73. The molecule has 2 aliphatic rings. The largest absolute Gasteiger partial charge is 0.329 e. The predicted octanol–water partition coefficient (Wildman–Crippen LogP) is 1.46. The van der Waals surface area contributed by atoms with Crippen LogP contribution in [0.4, 0.5) is 0 Å². The second-order valence-corrected chi connectivity index (χ2v) is 7.60. The Morgan fingerprint density at radius 2 is 1.81 bits per heavy atom. The summed E-state index contributed by atoms with van der Waals surface area (Å²) in [4.78, 5) is 7.62. The average molecular weight is 297 g/mol. The van der Waals surface area contributed by atoms with E-state index in [1.54, 1.807) is 0 Å². The van der Waals surface area contributed by atoms with Crippen molar-refractivity contribution < 1.29 is 0 Å². The molecular weight excluding hydrogens is 260 g/mol. The minimum Gasteiger partial charge on any atom is -0.329 e. The first kappa shape index (κ1) is 17.2. The molecule has 21 heavy (non-hydrogen) atoms. The Morgan fingerprint density at radius 3 is 2.43 bits per heavy atom. The lowest BCUT2D eigenvalue weighted by atomic mass is 9.87. The first-order valence-electron chi connectivity index (χ1n) is 8.88. The van der Waals surface area contributed by atoms with Gasteiger partial charge < -0.3 is 10.6 Å². The summed E-state index contributed by atoms with van der Waals surface area (Å²) in [7, 11) is 4.32. The molecule has 2 unspecified atom stereocenters. The second-order valence-electron chi connectivity index (χ2n) is 7.60. The van der Waals surface area contributed by atoms with Gasteiger partial charge in [-0.1, -0.05) is 19.8 Å². The summed E-state index contributed by atoms with van der Waals surface area (Å²) in [6.45, 7) is 10.5. The summed E-state index contributed by atoms with van der Waals surface area (Å²) in [6, 6.07) is 0. The fourth-order valence-corrected chi connectivity index (χ4v) is 4.00. The van der Waals surface area contributed by atoms with Crippen molar-refractivity contribution in [3.63, 3.8) is 0 Å². The van der Waals surface area contributed by atoms with Gasteiger partial charge in [-0.25, -0.2) is 0 Å². The Hall–Kier alpha value is -0.160. The van der Waals surface area contributed by atoms with Gasteiger partial charge in [-0.3, -0.25) is 9.80 Å². The van der Waals surface area contributed by atoms with Crippen LogP contribution in [-0.4, -0.2) is 80.1 Å². The molecule has 1 saturated heterocycles. The maximum atomic E-state index is 6.26. The molecular formula is C17H36N4. The van der Waals surface area contributed by atoms with E-state index in [-0.39, 0.29) is 0 Å². The van der Waals surface area contributed by atoms with Crippen LogP contribution >= 0.6 is 0 Å². The number of nitrogens with zero attached hydrogens (tertiary/aromatic N) is 3. The number of nitrogens with two attached hydrogens (primary N) is 1. The first-order valence-corrected chi connectivity index (χ1v) is 8.88. The van der Waals surface area contributed by atoms with Gasteiger partial charge in [0, 0.05) is 51.4 Å². The van der Waals surface area contributed by atoms with Crippen LogP contribution in [0.25, 0.3) is 0 Å². The molecule has 4 heteroatoms. The number of hydrogen-bond acceptors (Lipinski definition) is 4. The summed E-state index contributed by atoms with van der Waals surface area (Å²) in [5, 5.41) is 0. The second kappa shape index (κ2) is 7.91. The van der Waals surface area contributed by atoms with E-state index in [9.17, 15) is 0 Å². The number of hydrogen-bond donors (Lipinski definition) is 1. The highest BCUT2D eigenvalue weighted by Gasteiger charge is 2.38. The summed E-state index contributed by atoms with van der Waals surface area (Å²) >= 11 is 0. The van der Waals surface area contributed by atoms with Crippen molar-refractivity contribution in [1.29, 1.82) is 0 Å². The zero-order valence-electron chi connectivity index (χ0n) is 14.5. The molecule has 1 aliphatic carbocycles. The molecule has 1 heterocycles. The van der Waals surface area contributed by atoms with Gasteiger partial charge in [0.2, 0.25) is 0 Å². The lowest BCUT2D eigenvalue weighted by molar-refractivity contribution is 0.0243. The normalized spacial score (nSPS) is 33.3. The van der Waals surface area contributed by atoms with Crippen molar-refractivity contribution >= 4 is 0 Å². The highest BCUT2D eigenvalue weighted by atomic mass is 15.3. The SMILES string of the molecule is CC1CCCC(CN)(N2CCN(CCN(C)C)CC2)CC1. The van der Waals surface area contributed by atoms with Crippen molar-refractivity contribution in [3.05, 3.63) is 0 Å². The van der Waals surface area contributed by atoms with E-state index in [1.165, 1.54) is 71.4 Å². The summed E-state index contributed by atoms with van der Waals surface area (Å²) < 4.78 is 0. The van der Waals surface area contributed by atoms with E-state index in [0.29, 0.717) is 5.54 Å². The van der Waals surface area contributed by atoms with Gasteiger partial charge in [0.15, 0.2) is 0 Å². The minimum atomic E-state index is 0.304. The summed E-state index contributed by atoms with van der Waals surface area (Å²) in [5.74, 6) is 0.889. The molecule has 124 valence electrons. The molecule has 2 atom stereocenters. The molecule has 1 saturated carbocycles. The quantitative estimate of drug-likeness (QED) is 0.779. The first-order chi connectivity index (χ1) is 10.1. The van der Waals surface area contributed by atoms with Crippen LogP contribution < -0.4 is 5.73 Å². The molecule has 0 spiro atoms. The van der Waals surface area contributed by atoms with Crippen LogP contribution in [0.15, 0.2) is 0 Å². The van der Waals surface area contributed by atoms with E-state index in [2.05, 4.69) is 35.7 Å². The van der Waals surface area contributed by atoms with Crippen LogP contribution in [0.1, 0.15) is 39.0 Å². The molecule has 0 aromatic rings. The van der Waals surface area contributed by atoms with Crippen LogP contribution in [-0.2, 0) is 0 Å². The fourth-order valence-electron chi connectivity index (χ4n) is 4.00. The highest BCUT2D eigenvalue weighted by Crippen LogP contribution is 2.34. The predicted molar refractivity (Wildman–Crippen MR) is 90.6 cm³/mol. The van der Waals surface area contributed by atoms with Gasteiger partial charge in [0.05, 0.1) is 0 Å². The Bertz CT molecular complexity index is 299. The maximum Gasteiger partial charge on any atom is 0.0332 e. The molecule has 4 nitrogen and oxygen atoms in total. The zero-order valence-corrected chi connectivity index (χ0v) is 14.5. The lowest BCUT2D eigenvalue weighted by Gasteiger charge is -2.47. The van der Waals surface area contributed by atoms with E-state index in [0.717, 1.165) is 12.5 Å². The zero-order chi connectivity index (χ0) is 15.3. The van der Waals surface area contributed by atoms with Crippen molar-refractivity contribution in [2.45, 2.75) is 44.6 Å². The van der Waals surface area contributed by atoms with E-state index in [4.69, 9.17) is 5.73 Å².